The van der Waals surface area contributed by atoms with Crippen molar-refractivity contribution in [3.05, 3.63) is 0 Å². The lowest BCUT2D eigenvalue weighted by Gasteiger charge is -2.39. The average molecular weight is 300 g/mol. The highest BCUT2D eigenvalue weighted by molar-refractivity contribution is 5.80. The van der Waals surface area contributed by atoms with Crippen LogP contribution in [0, 0.1) is 16.7 Å². The minimum Gasteiger partial charge on any atom is -0.480 e. The van der Waals surface area contributed by atoms with E-state index in [1.807, 2.05) is 0 Å². The van der Waals surface area contributed by atoms with Crippen molar-refractivity contribution in [3.63, 3.8) is 0 Å². The Hall–Kier alpha value is -1.10. The first-order chi connectivity index (χ1) is 9.37. The maximum atomic E-state index is 12.4. The van der Waals surface area contributed by atoms with Gasteiger partial charge in [-0.15, -0.1) is 0 Å². The molecule has 0 unspecified atom stereocenters. The van der Waals surface area contributed by atoms with Crippen molar-refractivity contribution < 1.29 is 14.7 Å². The first kappa shape index (κ1) is 19.9. The molecule has 0 radical (unpaired) electrons. The summed E-state index contributed by atoms with van der Waals surface area (Å²) in [7, 11) is 0. The van der Waals surface area contributed by atoms with Crippen LogP contribution in [0.5, 0.6) is 0 Å². The van der Waals surface area contributed by atoms with Gasteiger partial charge in [-0.3, -0.25) is 9.59 Å². The zero-order chi connectivity index (χ0) is 16.8. The minimum atomic E-state index is -0.973. The molecule has 0 heterocycles. The summed E-state index contributed by atoms with van der Waals surface area (Å²) in [5, 5.41) is 11.7. The van der Waals surface area contributed by atoms with Gasteiger partial charge in [-0.2, -0.15) is 0 Å². The number of aliphatic carboxylic acids is 1. The fourth-order valence-electron chi connectivity index (χ4n) is 3.01. The molecule has 1 amide bonds. The summed E-state index contributed by atoms with van der Waals surface area (Å²) >= 11 is 0. The lowest BCUT2D eigenvalue weighted by atomic mass is 9.66. The highest BCUT2D eigenvalue weighted by atomic mass is 16.4. The fourth-order valence-corrected chi connectivity index (χ4v) is 3.01. The maximum absolute atomic E-state index is 12.4. The first-order valence-corrected chi connectivity index (χ1v) is 7.63. The Labute approximate surface area is 128 Å². The normalized spacial score (nSPS) is 14.1. The van der Waals surface area contributed by atoms with Crippen molar-refractivity contribution in [2.45, 2.75) is 66.8 Å². The van der Waals surface area contributed by atoms with Gasteiger partial charge in [0.25, 0.3) is 0 Å². The molecule has 124 valence electrons. The van der Waals surface area contributed by atoms with E-state index >= 15 is 0 Å². The Kier molecular flexibility index (Phi) is 7.37. The smallest absolute Gasteiger partial charge is 0.320 e. The summed E-state index contributed by atoms with van der Waals surface area (Å²) in [6.45, 7) is 13.0. The largest absolute Gasteiger partial charge is 0.480 e. The molecule has 0 spiro atoms. The topological polar surface area (TPSA) is 92.4 Å². The second kappa shape index (κ2) is 7.78. The van der Waals surface area contributed by atoms with Crippen molar-refractivity contribution >= 4 is 11.9 Å². The van der Waals surface area contributed by atoms with Crippen LogP contribution in [0.3, 0.4) is 0 Å². The molecule has 0 bridgehead atoms. The zero-order valence-corrected chi connectivity index (χ0v) is 14.3. The first-order valence-electron chi connectivity index (χ1n) is 7.63. The van der Waals surface area contributed by atoms with E-state index in [1.54, 1.807) is 0 Å². The molecule has 0 saturated heterocycles. The third-order valence-corrected chi connectivity index (χ3v) is 3.55. The standard InChI is InChI=1S/C16H32N2O3/c1-15(2,3)12(16(4,5)6)13(19)18-10-8-7-9-11(17)14(20)21/h11-12H,7-10,17H2,1-6H3,(H,18,19)(H,20,21)/t11-/m0/s1. The molecule has 4 N–H and O–H groups in total. The number of nitrogens with one attached hydrogen (secondary N) is 1. The van der Waals surface area contributed by atoms with E-state index in [-0.39, 0.29) is 22.7 Å². The van der Waals surface area contributed by atoms with E-state index in [1.165, 1.54) is 0 Å². The molecule has 0 aliphatic heterocycles. The van der Waals surface area contributed by atoms with Crippen LogP contribution in [-0.4, -0.2) is 29.6 Å². The van der Waals surface area contributed by atoms with Gasteiger partial charge in [0.15, 0.2) is 0 Å². The van der Waals surface area contributed by atoms with Gasteiger partial charge in [0.2, 0.25) is 5.91 Å². The summed E-state index contributed by atoms with van der Waals surface area (Å²) in [6.07, 6.45) is 1.88. The Balaban J connectivity index is 4.27. The van der Waals surface area contributed by atoms with Crippen LogP contribution < -0.4 is 11.1 Å². The van der Waals surface area contributed by atoms with Crippen LogP contribution in [0.25, 0.3) is 0 Å². The van der Waals surface area contributed by atoms with Crippen LogP contribution in [-0.2, 0) is 9.59 Å². The van der Waals surface area contributed by atoms with Gasteiger partial charge in [-0.1, -0.05) is 41.5 Å². The summed E-state index contributed by atoms with van der Waals surface area (Å²) in [5.41, 5.74) is 5.23. The third kappa shape index (κ3) is 7.46. The molecule has 5 heteroatoms. The third-order valence-electron chi connectivity index (χ3n) is 3.55. The van der Waals surface area contributed by atoms with Gasteiger partial charge in [0, 0.05) is 12.5 Å². The van der Waals surface area contributed by atoms with Crippen LogP contribution in [0.15, 0.2) is 0 Å². The van der Waals surface area contributed by atoms with E-state index in [0.29, 0.717) is 19.4 Å². The van der Waals surface area contributed by atoms with Crippen molar-refractivity contribution in [1.29, 1.82) is 0 Å². The van der Waals surface area contributed by atoms with Crippen molar-refractivity contribution in [2.75, 3.05) is 6.54 Å². The number of unbranched alkanes of at least 4 members (excludes halogenated alkanes) is 1. The molecule has 5 nitrogen and oxygen atoms in total. The van der Waals surface area contributed by atoms with Crippen LogP contribution in [0.1, 0.15) is 60.8 Å². The molecule has 0 aliphatic rings. The maximum Gasteiger partial charge on any atom is 0.320 e. The zero-order valence-electron chi connectivity index (χ0n) is 14.3. The van der Waals surface area contributed by atoms with Gasteiger partial charge in [0.1, 0.15) is 6.04 Å². The molecule has 0 fully saturated rings. The van der Waals surface area contributed by atoms with Crippen LogP contribution in [0.2, 0.25) is 0 Å². The van der Waals surface area contributed by atoms with Gasteiger partial charge < -0.3 is 16.2 Å². The Morgan fingerprint density at radius 2 is 1.52 bits per heavy atom. The van der Waals surface area contributed by atoms with E-state index in [0.717, 1.165) is 6.42 Å². The molecule has 0 aromatic carbocycles. The predicted octanol–water partition coefficient (Wildman–Crippen LogP) is 2.39. The summed E-state index contributed by atoms with van der Waals surface area (Å²) in [4.78, 5) is 23.0. The number of nitrogens with two attached hydrogens (primary N) is 1. The molecule has 0 rings (SSSR count). The summed E-state index contributed by atoms with van der Waals surface area (Å²) < 4.78 is 0. The Morgan fingerprint density at radius 3 is 1.90 bits per heavy atom. The van der Waals surface area contributed by atoms with Gasteiger partial charge >= 0.3 is 5.97 Å². The number of carboxylic acids is 1. The van der Waals surface area contributed by atoms with E-state index in [9.17, 15) is 9.59 Å². The molecule has 0 saturated carbocycles. The monoisotopic (exact) mass is 300 g/mol. The molecule has 0 aliphatic carbocycles. The quantitative estimate of drug-likeness (QED) is 0.629. The SMILES string of the molecule is CC(C)(C)C(C(=O)NCCCC[C@H](N)C(=O)O)C(C)(C)C. The highest BCUT2D eigenvalue weighted by Gasteiger charge is 2.40. The number of hydrogen-bond donors (Lipinski definition) is 3. The molecule has 21 heavy (non-hydrogen) atoms. The number of carbonyl (C=O) groups excluding carboxylic acids is 1. The van der Waals surface area contributed by atoms with Gasteiger partial charge in [0.05, 0.1) is 0 Å². The Morgan fingerprint density at radius 1 is 1.05 bits per heavy atom. The second-order valence-corrected chi connectivity index (χ2v) is 7.90. The van der Waals surface area contributed by atoms with Gasteiger partial charge in [-0.25, -0.2) is 0 Å². The number of carbonyl (C=O) groups is 2. The Bertz CT molecular complexity index is 340. The lowest BCUT2D eigenvalue weighted by Crippen LogP contribution is -2.45. The fraction of sp³-hybridized carbons (Fsp3) is 0.875. The molecule has 0 aromatic heterocycles. The molecular formula is C16H32N2O3. The average Bonchev–Trinajstić information content (AvgIpc) is 2.23. The number of hydrogen-bond acceptors (Lipinski definition) is 3. The van der Waals surface area contributed by atoms with E-state index < -0.39 is 12.0 Å². The number of rotatable bonds is 7. The summed E-state index contributed by atoms with van der Waals surface area (Å²) in [5.74, 6) is -0.983. The van der Waals surface area contributed by atoms with Crippen LogP contribution >= 0.6 is 0 Å². The molecule has 1 atom stereocenters. The predicted molar refractivity (Wildman–Crippen MR) is 84.9 cm³/mol. The van der Waals surface area contributed by atoms with Gasteiger partial charge in [-0.05, 0) is 30.1 Å². The van der Waals surface area contributed by atoms with Crippen molar-refractivity contribution in [2.24, 2.45) is 22.5 Å². The second-order valence-electron chi connectivity index (χ2n) is 7.90. The number of amides is 1. The lowest BCUT2D eigenvalue weighted by molar-refractivity contribution is -0.138. The highest BCUT2D eigenvalue weighted by Crippen LogP contribution is 2.39. The van der Waals surface area contributed by atoms with Crippen LogP contribution in [0.4, 0.5) is 0 Å². The van der Waals surface area contributed by atoms with Crippen molar-refractivity contribution in [1.82, 2.24) is 5.32 Å². The summed E-state index contributed by atoms with van der Waals surface area (Å²) in [6, 6.07) is -0.808. The van der Waals surface area contributed by atoms with Crippen molar-refractivity contribution in [3.8, 4) is 0 Å². The molecule has 0 aromatic rings. The van der Waals surface area contributed by atoms with E-state index in [2.05, 4.69) is 46.9 Å². The molecular weight excluding hydrogens is 268 g/mol. The number of carboxylic acid groups (broad SMARTS) is 1. The minimum absolute atomic E-state index is 0.0672. The van der Waals surface area contributed by atoms with E-state index in [4.69, 9.17) is 10.8 Å².